The van der Waals surface area contributed by atoms with Crippen molar-refractivity contribution in [2.45, 2.75) is 23.7 Å². The lowest BCUT2D eigenvalue weighted by atomic mass is 9.94. The van der Waals surface area contributed by atoms with Crippen molar-refractivity contribution in [3.8, 4) is 0 Å². The maximum atomic E-state index is 13.0. The van der Waals surface area contributed by atoms with Crippen molar-refractivity contribution in [2.24, 2.45) is 5.73 Å². The first-order valence-electron chi connectivity index (χ1n) is 8.79. The molecule has 1 aromatic heterocycles. The van der Waals surface area contributed by atoms with E-state index < -0.39 is 15.9 Å². The lowest BCUT2D eigenvalue weighted by molar-refractivity contribution is 0.0995. The Morgan fingerprint density at radius 3 is 2.44 bits per heavy atom. The van der Waals surface area contributed by atoms with Crippen LogP contribution in [0.1, 0.15) is 34.9 Å². The molecular weight excluding hydrogens is 364 g/mol. The third-order valence-electron chi connectivity index (χ3n) is 5.10. The van der Waals surface area contributed by atoms with Crippen LogP contribution in [-0.2, 0) is 10.0 Å². The summed E-state index contributed by atoms with van der Waals surface area (Å²) in [6.45, 7) is 0.843. The molecule has 3 aromatic rings. The van der Waals surface area contributed by atoms with Gasteiger partial charge in [-0.3, -0.25) is 9.89 Å². The average Bonchev–Trinajstić information content (AvgIpc) is 3.18. The van der Waals surface area contributed by atoms with E-state index >= 15 is 0 Å². The fraction of sp³-hybridized carbons (Fsp3) is 0.263. The van der Waals surface area contributed by atoms with Gasteiger partial charge in [0, 0.05) is 24.7 Å². The quantitative estimate of drug-likeness (QED) is 0.719. The second-order valence-electron chi connectivity index (χ2n) is 6.76. The lowest BCUT2D eigenvalue weighted by Gasteiger charge is -2.30. The van der Waals surface area contributed by atoms with E-state index in [2.05, 4.69) is 10.2 Å². The highest BCUT2D eigenvalue weighted by Gasteiger charge is 2.30. The smallest absolute Gasteiger partial charge is 0.269 e. The molecule has 1 aliphatic heterocycles. The first-order valence-corrected chi connectivity index (χ1v) is 10.2. The van der Waals surface area contributed by atoms with Crippen LogP contribution in [-0.4, -0.2) is 41.9 Å². The number of aromatic amines is 1. The Kier molecular flexibility index (Phi) is 4.45. The summed E-state index contributed by atoms with van der Waals surface area (Å²) in [6.07, 6.45) is 1.32. The molecule has 7 nitrogen and oxygen atoms in total. The number of H-pyrrole nitrogens is 1. The molecule has 0 saturated carbocycles. The molecule has 1 saturated heterocycles. The second-order valence-corrected chi connectivity index (χ2v) is 8.70. The monoisotopic (exact) mass is 384 g/mol. The van der Waals surface area contributed by atoms with Crippen LogP contribution in [0.2, 0.25) is 0 Å². The summed E-state index contributed by atoms with van der Waals surface area (Å²) in [5.74, 6) is -0.442. The molecule has 0 bridgehead atoms. The number of carbonyl (C=O) groups is 1. The highest BCUT2D eigenvalue weighted by Crippen LogP contribution is 2.30. The summed E-state index contributed by atoms with van der Waals surface area (Å²) in [4.78, 5) is 11.5. The van der Waals surface area contributed by atoms with Crippen LogP contribution in [0.5, 0.6) is 0 Å². The number of aromatic nitrogens is 2. The molecule has 2 aromatic carbocycles. The van der Waals surface area contributed by atoms with Crippen molar-refractivity contribution in [1.82, 2.24) is 14.5 Å². The topological polar surface area (TPSA) is 109 Å². The summed E-state index contributed by atoms with van der Waals surface area (Å²) in [5.41, 5.74) is 6.26. The number of nitrogens with zero attached hydrogens (tertiary/aromatic N) is 2. The first-order chi connectivity index (χ1) is 12.9. The van der Waals surface area contributed by atoms with Gasteiger partial charge in [0.2, 0.25) is 10.0 Å². The number of piperidine rings is 1. The van der Waals surface area contributed by atoms with Gasteiger partial charge in [0.25, 0.3) is 5.91 Å². The van der Waals surface area contributed by atoms with E-state index in [-0.39, 0.29) is 11.6 Å². The van der Waals surface area contributed by atoms with Gasteiger partial charge < -0.3 is 5.73 Å². The highest BCUT2D eigenvalue weighted by molar-refractivity contribution is 7.89. The summed E-state index contributed by atoms with van der Waals surface area (Å²) in [6, 6.07) is 14.6. The maximum Gasteiger partial charge on any atom is 0.269 e. The van der Waals surface area contributed by atoms with Crippen molar-refractivity contribution in [3.63, 3.8) is 0 Å². The largest absolute Gasteiger partial charge is 0.364 e. The zero-order valence-electron chi connectivity index (χ0n) is 14.6. The fourth-order valence-electron chi connectivity index (χ4n) is 3.56. The number of hydrogen-bond acceptors (Lipinski definition) is 4. The molecule has 140 valence electrons. The molecule has 8 heteroatoms. The number of carbonyl (C=O) groups excluding carboxylic acids is 1. The number of primary amides is 1. The van der Waals surface area contributed by atoms with E-state index in [1.54, 1.807) is 18.2 Å². The number of benzene rings is 2. The molecule has 0 unspecified atom stereocenters. The molecule has 0 atom stereocenters. The molecule has 2 heterocycles. The maximum absolute atomic E-state index is 13.0. The number of amides is 1. The molecule has 1 fully saturated rings. The second kappa shape index (κ2) is 6.79. The van der Waals surface area contributed by atoms with Gasteiger partial charge in [-0.15, -0.1) is 0 Å². The van der Waals surface area contributed by atoms with Gasteiger partial charge in [0.15, 0.2) is 0 Å². The fourth-order valence-corrected chi connectivity index (χ4v) is 5.06. The van der Waals surface area contributed by atoms with Gasteiger partial charge in [-0.25, -0.2) is 8.42 Å². The van der Waals surface area contributed by atoms with Crippen LogP contribution in [0.25, 0.3) is 10.8 Å². The zero-order chi connectivity index (χ0) is 19.0. The van der Waals surface area contributed by atoms with Crippen LogP contribution in [0.3, 0.4) is 0 Å². The molecule has 1 aliphatic rings. The number of rotatable bonds is 4. The molecule has 0 spiro atoms. The van der Waals surface area contributed by atoms with Crippen LogP contribution in [0.15, 0.2) is 53.4 Å². The third kappa shape index (κ3) is 3.33. The predicted octanol–water partition coefficient (Wildman–Crippen LogP) is 2.23. The van der Waals surface area contributed by atoms with Crippen LogP contribution in [0, 0.1) is 0 Å². The number of fused-ring (bicyclic) bond motifs is 1. The van der Waals surface area contributed by atoms with Gasteiger partial charge in [-0.05, 0) is 41.8 Å². The van der Waals surface area contributed by atoms with E-state index in [9.17, 15) is 13.2 Å². The van der Waals surface area contributed by atoms with E-state index in [0.717, 1.165) is 16.5 Å². The van der Waals surface area contributed by atoms with E-state index in [1.807, 2.05) is 30.3 Å². The van der Waals surface area contributed by atoms with E-state index in [1.165, 1.54) is 4.31 Å². The standard InChI is InChI=1S/C19H20N4O3S/c20-19(24)18-12-17(21-22-18)14-7-9-23(10-8-14)27(25,26)16-6-5-13-3-1-2-4-15(13)11-16/h1-6,11-12,14H,7-10H2,(H2,20,24)(H,21,22). The summed E-state index contributed by atoms with van der Waals surface area (Å²) in [7, 11) is -3.53. The molecule has 1 amide bonds. The highest BCUT2D eigenvalue weighted by atomic mass is 32.2. The van der Waals surface area contributed by atoms with Gasteiger partial charge in [0.1, 0.15) is 5.69 Å². The predicted molar refractivity (Wildman–Crippen MR) is 102 cm³/mol. The number of nitrogens with two attached hydrogens (primary N) is 1. The van der Waals surface area contributed by atoms with Crippen molar-refractivity contribution in [3.05, 3.63) is 59.9 Å². The lowest BCUT2D eigenvalue weighted by Crippen LogP contribution is -2.37. The SMILES string of the molecule is NC(=O)c1cc(C2CCN(S(=O)(=O)c3ccc4ccccc4c3)CC2)[nH]n1. The Balaban J connectivity index is 1.51. The van der Waals surface area contributed by atoms with Gasteiger partial charge in [-0.1, -0.05) is 30.3 Å². The molecular formula is C19H20N4O3S. The normalized spacial score (nSPS) is 16.6. The molecule has 0 radical (unpaired) electrons. The van der Waals surface area contributed by atoms with Crippen LogP contribution < -0.4 is 5.73 Å². The number of sulfonamides is 1. The Morgan fingerprint density at radius 2 is 1.78 bits per heavy atom. The van der Waals surface area contributed by atoms with Gasteiger partial charge in [-0.2, -0.15) is 9.40 Å². The third-order valence-corrected chi connectivity index (χ3v) is 7.00. The Labute approximate surface area is 157 Å². The Hall–Kier alpha value is -2.71. The Bertz CT molecular complexity index is 1100. The molecule has 3 N–H and O–H groups in total. The minimum atomic E-state index is -3.53. The number of nitrogens with one attached hydrogen (secondary N) is 1. The Morgan fingerprint density at radius 1 is 1.07 bits per heavy atom. The average molecular weight is 384 g/mol. The summed E-state index contributed by atoms with van der Waals surface area (Å²) < 4.78 is 27.6. The number of hydrogen-bond donors (Lipinski definition) is 2. The summed E-state index contributed by atoms with van der Waals surface area (Å²) >= 11 is 0. The van der Waals surface area contributed by atoms with Gasteiger partial charge in [0.05, 0.1) is 4.90 Å². The minimum absolute atomic E-state index is 0.133. The van der Waals surface area contributed by atoms with Crippen molar-refractivity contribution in [2.75, 3.05) is 13.1 Å². The van der Waals surface area contributed by atoms with Crippen molar-refractivity contribution in [1.29, 1.82) is 0 Å². The van der Waals surface area contributed by atoms with Crippen molar-refractivity contribution < 1.29 is 13.2 Å². The van der Waals surface area contributed by atoms with Crippen LogP contribution >= 0.6 is 0 Å². The zero-order valence-corrected chi connectivity index (χ0v) is 15.4. The van der Waals surface area contributed by atoms with Crippen molar-refractivity contribution >= 4 is 26.7 Å². The summed E-state index contributed by atoms with van der Waals surface area (Å²) in [5, 5.41) is 8.67. The first kappa shape index (κ1) is 17.7. The minimum Gasteiger partial charge on any atom is -0.364 e. The van der Waals surface area contributed by atoms with E-state index in [0.29, 0.717) is 30.8 Å². The van der Waals surface area contributed by atoms with Crippen LogP contribution in [0.4, 0.5) is 0 Å². The van der Waals surface area contributed by atoms with Gasteiger partial charge >= 0.3 is 0 Å². The van der Waals surface area contributed by atoms with E-state index in [4.69, 9.17) is 5.73 Å². The molecule has 4 rings (SSSR count). The molecule has 0 aliphatic carbocycles. The molecule has 27 heavy (non-hydrogen) atoms.